The Balaban J connectivity index is 2.03. The van der Waals surface area contributed by atoms with Gasteiger partial charge in [0.05, 0.1) is 12.8 Å². The Morgan fingerprint density at radius 3 is 2.37 bits per heavy atom. The molecule has 0 spiro atoms. The Hall–Kier alpha value is -1.97. The summed E-state index contributed by atoms with van der Waals surface area (Å²) in [6.07, 6.45) is -0.0798. The number of nitrogens with one attached hydrogen (secondary N) is 1. The smallest absolute Gasteiger partial charge is 0.193 e. The topological polar surface area (TPSA) is 38.3 Å². The van der Waals surface area contributed by atoms with Gasteiger partial charge in [-0.1, -0.05) is 48.5 Å². The van der Waals surface area contributed by atoms with Gasteiger partial charge in [-0.2, -0.15) is 0 Å². The summed E-state index contributed by atoms with van der Waals surface area (Å²) >= 11 is 0. The summed E-state index contributed by atoms with van der Waals surface area (Å²) in [6.45, 7) is 0.520. The Morgan fingerprint density at radius 1 is 0.947 bits per heavy atom. The normalized spacial score (nSPS) is 24.3. The molecule has 1 aliphatic carbocycles. The van der Waals surface area contributed by atoms with Crippen LogP contribution in [0.15, 0.2) is 48.5 Å². The van der Waals surface area contributed by atoms with E-state index in [4.69, 9.17) is 4.74 Å². The van der Waals surface area contributed by atoms with Gasteiger partial charge in [-0.15, -0.1) is 0 Å². The molecule has 2 aromatic rings. The molecule has 0 radical (unpaired) electrons. The van der Waals surface area contributed by atoms with Gasteiger partial charge in [-0.05, 0) is 11.1 Å². The Bertz CT molecular complexity index is 610. The van der Waals surface area contributed by atoms with Crippen LogP contribution in [0.3, 0.4) is 0 Å². The minimum absolute atomic E-state index is 0.0591. The fourth-order valence-corrected chi connectivity index (χ4v) is 3.05. The van der Waals surface area contributed by atoms with Crippen molar-refractivity contribution in [2.24, 2.45) is 0 Å². The summed E-state index contributed by atoms with van der Waals surface area (Å²) in [5, 5.41) is 3.34. The van der Waals surface area contributed by atoms with E-state index in [0.29, 0.717) is 6.73 Å². The average molecular weight is 251 g/mol. The fourth-order valence-electron chi connectivity index (χ4n) is 3.05. The minimum Gasteiger partial charge on any atom is -0.356 e. The number of hydrogen-bond donors (Lipinski definition) is 1. The first-order valence-corrected chi connectivity index (χ1v) is 6.44. The monoisotopic (exact) mass is 251 g/mol. The van der Waals surface area contributed by atoms with Crippen molar-refractivity contribution < 1.29 is 9.53 Å². The van der Waals surface area contributed by atoms with Crippen LogP contribution >= 0.6 is 0 Å². The maximum atomic E-state index is 12.7. The second-order valence-electron chi connectivity index (χ2n) is 4.92. The van der Waals surface area contributed by atoms with Gasteiger partial charge in [-0.25, -0.2) is 0 Å². The number of carbonyl (C=O) groups excluding carboxylic acids is 1. The van der Waals surface area contributed by atoms with Crippen molar-refractivity contribution in [3.8, 4) is 0 Å². The van der Waals surface area contributed by atoms with E-state index in [2.05, 4.69) is 5.32 Å². The van der Waals surface area contributed by atoms with E-state index in [-0.39, 0.29) is 17.9 Å². The predicted octanol–water partition coefficient (Wildman–Crippen LogP) is 2.59. The largest absolute Gasteiger partial charge is 0.356 e. The highest BCUT2D eigenvalue weighted by atomic mass is 16.5. The summed E-state index contributed by atoms with van der Waals surface area (Å²) in [5.41, 5.74) is 3.55. The molecular weight excluding hydrogens is 238 g/mol. The average Bonchev–Trinajstić information content (AvgIpc) is 2.92. The van der Waals surface area contributed by atoms with Crippen LogP contribution in [0.4, 0.5) is 0 Å². The number of ether oxygens (including phenoxy) is 1. The van der Waals surface area contributed by atoms with Crippen LogP contribution in [0.1, 0.15) is 39.2 Å². The van der Waals surface area contributed by atoms with Crippen molar-refractivity contribution >= 4 is 5.78 Å². The SMILES string of the molecule is O=C1c2ccccc2C2NCOC2c2ccccc21. The van der Waals surface area contributed by atoms with E-state index in [1.54, 1.807) is 0 Å². The first kappa shape index (κ1) is 10.9. The molecule has 4 rings (SSSR count). The molecule has 19 heavy (non-hydrogen) atoms. The van der Waals surface area contributed by atoms with Crippen LogP contribution in [0.5, 0.6) is 0 Å². The number of carbonyl (C=O) groups is 1. The molecule has 2 unspecified atom stereocenters. The minimum atomic E-state index is -0.0798. The predicted molar refractivity (Wildman–Crippen MR) is 70.9 cm³/mol. The van der Waals surface area contributed by atoms with Crippen molar-refractivity contribution in [3.05, 3.63) is 70.8 Å². The first-order valence-electron chi connectivity index (χ1n) is 6.44. The summed E-state index contributed by atoms with van der Waals surface area (Å²) in [4.78, 5) is 12.7. The molecule has 0 saturated carbocycles. The molecule has 0 bridgehead atoms. The highest BCUT2D eigenvalue weighted by Crippen LogP contribution is 2.42. The fraction of sp³-hybridized carbons (Fsp3) is 0.188. The molecule has 1 aliphatic heterocycles. The van der Waals surface area contributed by atoms with Gasteiger partial charge in [0.1, 0.15) is 6.10 Å². The van der Waals surface area contributed by atoms with Crippen molar-refractivity contribution in [2.75, 3.05) is 6.73 Å². The van der Waals surface area contributed by atoms with Crippen LogP contribution in [-0.2, 0) is 4.74 Å². The van der Waals surface area contributed by atoms with Crippen molar-refractivity contribution in [2.45, 2.75) is 12.1 Å². The van der Waals surface area contributed by atoms with E-state index in [0.717, 1.165) is 22.3 Å². The molecule has 2 aliphatic rings. The van der Waals surface area contributed by atoms with Gasteiger partial charge in [0.15, 0.2) is 5.78 Å². The lowest BCUT2D eigenvalue weighted by Gasteiger charge is -2.17. The van der Waals surface area contributed by atoms with Crippen LogP contribution in [0, 0.1) is 0 Å². The summed E-state index contributed by atoms with van der Waals surface area (Å²) in [6, 6.07) is 15.6. The van der Waals surface area contributed by atoms with E-state index >= 15 is 0 Å². The highest BCUT2D eigenvalue weighted by molar-refractivity contribution is 6.11. The number of rotatable bonds is 0. The van der Waals surface area contributed by atoms with Crippen LogP contribution in [0.2, 0.25) is 0 Å². The molecule has 2 aromatic carbocycles. The lowest BCUT2D eigenvalue weighted by molar-refractivity contribution is 0.0990. The Morgan fingerprint density at radius 2 is 1.58 bits per heavy atom. The van der Waals surface area contributed by atoms with Gasteiger partial charge in [-0.3, -0.25) is 10.1 Å². The molecule has 2 atom stereocenters. The van der Waals surface area contributed by atoms with Gasteiger partial charge >= 0.3 is 0 Å². The van der Waals surface area contributed by atoms with Gasteiger partial charge in [0.25, 0.3) is 0 Å². The van der Waals surface area contributed by atoms with E-state index < -0.39 is 0 Å². The number of benzene rings is 2. The van der Waals surface area contributed by atoms with Crippen molar-refractivity contribution in [3.63, 3.8) is 0 Å². The highest BCUT2D eigenvalue weighted by Gasteiger charge is 2.38. The zero-order chi connectivity index (χ0) is 12.8. The summed E-state index contributed by atoms with van der Waals surface area (Å²) in [7, 11) is 0. The van der Waals surface area contributed by atoms with Crippen LogP contribution in [0.25, 0.3) is 0 Å². The maximum absolute atomic E-state index is 12.7. The Labute approximate surface area is 111 Å². The second kappa shape index (κ2) is 4.02. The molecule has 3 heteroatoms. The molecule has 0 amide bonds. The summed E-state index contributed by atoms with van der Waals surface area (Å²) in [5.74, 6) is 0.0889. The zero-order valence-electron chi connectivity index (χ0n) is 10.3. The lowest BCUT2D eigenvalue weighted by Crippen LogP contribution is -2.17. The molecular formula is C16H13NO2. The lowest BCUT2D eigenvalue weighted by atomic mass is 9.97. The summed E-state index contributed by atoms with van der Waals surface area (Å²) < 4.78 is 5.81. The third-order valence-electron chi connectivity index (χ3n) is 3.92. The molecule has 1 saturated heterocycles. The third kappa shape index (κ3) is 1.49. The van der Waals surface area contributed by atoms with Gasteiger partial charge in [0.2, 0.25) is 0 Å². The number of fused-ring (bicyclic) bond motifs is 5. The molecule has 94 valence electrons. The first-order chi connectivity index (χ1) is 9.36. The molecule has 1 fully saturated rings. The van der Waals surface area contributed by atoms with E-state index in [1.807, 2.05) is 48.5 Å². The van der Waals surface area contributed by atoms with Crippen LogP contribution in [-0.4, -0.2) is 12.5 Å². The molecule has 1 N–H and O–H groups in total. The standard InChI is InChI=1S/C16H13NO2/c18-15-11-6-2-1-5-10(11)14-16(19-9-17-14)13-8-4-3-7-12(13)15/h1-8,14,16-17H,9H2. The van der Waals surface area contributed by atoms with Crippen molar-refractivity contribution in [1.82, 2.24) is 5.32 Å². The number of ketones is 1. The maximum Gasteiger partial charge on any atom is 0.193 e. The quantitative estimate of drug-likeness (QED) is 0.782. The second-order valence-corrected chi connectivity index (χ2v) is 4.92. The third-order valence-corrected chi connectivity index (χ3v) is 3.92. The van der Waals surface area contributed by atoms with Crippen LogP contribution < -0.4 is 5.32 Å². The molecule has 1 heterocycles. The van der Waals surface area contributed by atoms with Gasteiger partial charge < -0.3 is 4.74 Å². The van der Waals surface area contributed by atoms with Gasteiger partial charge in [0, 0.05) is 11.1 Å². The molecule has 0 aromatic heterocycles. The zero-order valence-corrected chi connectivity index (χ0v) is 10.3. The van der Waals surface area contributed by atoms with Crippen molar-refractivity contribution in [1.29, 1.82) is 0 Å². The Kier molecular flexibility index (Phi) is 2.31. The van der Waals surface area contributed by atoms with E-state index in [1.165, 1.54) is 0 Å². The van der Waals surface area contributed by atoms with E-state index in [9.17, 15) is 4.79 Å². The number of hydrogen-bond acceptors (Lipinski definition) is 3. The molecule has 3 nitrogen and oxygen atoms in total.